The zero-order valence-electron chi connectivity index (χ0n) is 7.71. The van der Waals surface area contributed by atoms with Crippen LogP contribution >= 0.6 is 0 Å². The van der Waals surface area contributed by atoms with E-state index >= 15 is 0 Å². The molecule has 1 unspecified atom stereocenters. The fraction of sp³-hybridized carbons (Fsp3) is 0.556. The Balaban J connectivity index is 2.59. The van der Waals surface area contributed by atoms with Gasteiger partial charge in [-0.25, -0.2) is 8.78 Å². The van der Waals surface area contributed by atoms with Crippen molar-refractivity contribution in [2.45, 2.75) is 12.0 Å². The average molecular weight is 205 g/mol. The van der Waals surface area contributed by atoms with Gasteiger partial charge in [-0.15, -0.1) is 0 Å². The van der Waals surface area contributed by atoms with Crippen LogP contribution in [0, 0.1) is 0 Å². The lowest BCUT2D eigenvalue weighted by Gasteiger charge is -2.29. The quantitative estimate of drug-likeness (QED) is 0.738. The standard InChI is InChI=1S/C9H13F2NO2/c10-6-13-8-1-3-9(5-12,4-2-8)14-7-11/h1-3H,4-7,12H2. The maximum absolute atomic E-state index is 12.0. The smallest absolute Gasteiger partial charge is 0.228 e. The molecule has 0 heterocycles. The van der Waals surface area contributed by atoms with Crippen molar-refractivity contribution in [1.82, 2.24) is 0 Å². The molecule has 0 bridgehead atoms. The second-order valence-corrected chi connectivity index (χ2v) is 2.92. The summed E-state index contributed by atoms with van der Waals surface area (Å²) >= 11 is 0. The number of allylic oxidation sites excluding steroid dienone is 1. The Bertz CT molecular complexity index is 243. The lowest BCUT2D eigenvalue weighted by molar-refractivity contribution is -0.0492. The fourth-order valence-corrected chi connectivity index (χ4v) is 1.24. The predicted octanol–water partition coefficient (Wildman–Crippen LogP) is 1.41. The molecule has 0 aliphatic heterocycles. The Labute approximate surface area is 81.2 Å². The number of ether oxygens (including phenoxy) is 2. The van der Waals surface area contributed by atoms with E-state index in [9.17, 15) is 8.78 Å². The molecule has 0 aromatic carbocycles. The van der Waals surface area contributed by atoms with Crippen LogP contribution in [-0.4, -0.2) is 25.9 Å². The highest BCUT2D eigenvalue weighted by Gasteiger charge is 2.28. The van der Waals surface area contributed by atoms with Crippen molar-refractivity contribution in [2.75, 3.05) is 20.3 Å². The van der Waals surface area contributed by atoms with Crippen LogP contribution in [-0.2, 0) is 9.47 Å². The SMILES string of the molecule is NCC1(OCF)C=CC(OCF)=CC1. The van der Waals surface area contributed by atoms with Crippen molar-refractivity contribution >= 4 is 0 Å². The summed E-state index contributed by atoms with van der Waals surface area (Å²) in [6, 6.07) is 0. The van der Waals surface area contributed by atoms with Crippen molar-refractivity contribution < 1.29 is 18.3 Å². The van der Waals surface area contributed by atoms with Gasteiger partial charge in [-0.1, -0.05) is 0 Å². The maximum atomic E-state index is 12.0. The van der Waals surface area contributed by atoms with Crippen LogP contribution in [0.2, 0.25) is 0 Å². The van der Waals surface area contributed by atoms with Crippen LogP contribution in [0.4, 0.5) is 8.78 Å². The average Bonchev–Trinajstić information content (AvgIpc) is 2.22. The van der Waals surface area contributed by atoms with E-state index in [0.717, 1.165) is 0 Å². The summed E-state index contributed by atoms with van der Waals surface area (Å²) in [5, 5.41) is 0. The summed E-state index contributed by atoms with van der Waals surface area (Å²) in [7, 11) is 0. The molecule has 0 radical (unpaired) electrons. The molecule has 1 aliphatic rings. The predicted molar refractivity (Wildman–Crippen MR) is 47.7 cm³/mol. The molecule has 1 rings (SSSR count). The van der Waals surface area contributed by atoms with Gasteiger partial charge in [0.2, 0.25) is 6.86 Å². The van der Waals surface area contributed by atoms with Gasteiger partial charge in [0.25, 0.3) is 0 Å². The molecule has 0 aromatic rings. The van der Waals surface area contributed by atoms with E-state index in [1.807, 2.05) is 0 Å². The van der Waals surface area contributed by atoms with Crippen molar-refractivity contribution in [3.63, 3.8) is 0 Å². The van der Waals surface area contributed by atoms with E-state index in [4.69, 9.17) is 10.5 Å². The first-order chi connectivity index (χ1) is 6.76. The highest BCUT2D eigenvalue weighted by atomic mass is 19.1. The number of nitrogens with two attached hydrogens (primary N) is 1. The van der Waals surface area contributed by atoms with E-state index < -0.39 is 19.3 Å². The maximum Gasteiger partial charge on any atom is 0.228 e. The van der Waals surface area contributed by atoms with Gasteiger partial charge in [0.1, 0.15) is 11.4 Å². The minimum atomic E-state index is -0.894. The van der Waals surface area contributed by atoms with Crippen molar-refractivity contribution in [1.29, 1.82) is 0 Å². The summed E-state index contributed by atoms with van der Waals surface area (Å²) in [5.41, 5.74) is 4.65. The van der Waals surface area contributed by atoms with E-state index in [-0.39, 0.29) is 6.54 Å². The van der Waals surface area contributed by atoms with Crippen LogP contribution in [0.3, 0.4) is 0 Å². The van der Waals surface area contributed by atoms with Crippen LogP contribution in [0.15, 0.2) is 24.0 Å². The summed E-state index contributed by atoms with van der Waals surface area (Å²) in [6.45, 7) is -1.60. The van der Waals surface area contributed by atoms with Crippen LogP contribution in [0.5, 0.6) is 0 Å². The molecule has 2 N–H and O–H groups in total. The van der Waals surface area contributed by atoms with Gasteiger partial charge in [-0.05, 0) is 18.2 Å². The third-order valence-electron chi connectivity index (χ3n) is 2.11. The van der Waals surface area contributed by atoms with Crippen LogP contribution < -0.4 is 5.73 Å². The molecule has 1 aliphatic carbocycles. The second kappa shape index (κ2) is 5.07. The van der Waals surface area contributed by atoms with Gasteiger partial charge in [0.15, 0.2) is 6.86 Å². The molecule has 0 amide bonds. The summed E-state index contributed by atoms with van der Waals surface area (Å²) in [4.78, 5) is 0. The second-order valence-electron chi connectivity index (χ2n) is 2.92. The van der Waals surface area contributed by atoms with Crippen molar-refractivity contribution in [3.8, 4) is 0 Å². The molecule has 0 fully saturated rings. The summed E-state index contributed by atoms with van der Waals surface area (Å²) in [5.74, 6) is 0.416. The lowest BCUT2D eigenvalue weighted by Crippen LogP contribution is -2.39. The highest BCUT2D eigenvalue weighted by Crippen LogP contribution is 2.24. The van der Waals surface area contributed by atoms with Crippen LogP contribution in [0.1, 0.15) is 6.42 Å². The topological polar surface area (TPSA) is 44.5 Å². The van der Waals surface area contributed by atoms with E-state index in [1.54, 1.807) is 12.2 Å². The largest absolute Gasteiger partial charge is 0.463 e. The monoisotopic (exact) mass is 205 g/mol. The molecule has 14 heavy (non-hydrogen) atoms. The Morgan fingerprint density at radius 3 is 2.64 bits per heavy atom. The van der Waals surface area contributed by atoms with Gasteiger partial charge in [-0.2, -0.15) is 0 Å². The normalized spacial score (nSPS) is 26.1. The number of hydrogen-bond donors (Lipinski definition) is 1. The Morgan fingerprint density at radius 2 is 2.21 bits per heavy atom. The lowest BCUT2D eigenvalue weighted by atomic mass is 9.94. The van der Waals surface area contributed by atoms with Gasteiger partial charge in [0.05, 0.1) is 0 Å². The Morgan fingerprint density at radius 1 is 1.43 bits per heavy atom. The highest BCUT2D eigenvalue weighted by molar-refractivity contribution is 5.24. The van der Waals surface area contributed by atoms with E-state index in [2.05, 4.69) is 4.74 Å². The molecular formula is C9H13F2NO2. The minimum absolute atomic E-state index is 0.173. The van der Waals surface area contributed by atoms with Gasteiger partial charge in [0, 0.05) is 13.0 Å². The first-order valence-corrected chi connectivity index (χ1v) is 4.24. The molecule has 3 nitrogen and oxygen atoms in total. The summed E-state index contributed by atoms with van der Waals surface area (Å²) in [6.07, 6.45) is 5.14. The zero-order chi connectivity index (χ0) is 10.4. The van der Waals surface area contributed by atoms with Gasteiger partial charge in [-0.3, -0.25) is 0 Å². The number of halogens is 2. The van der Waals surface area contributed by atoms with Crippen LogP contribution in [0.25, 0.3) is 0 Å². The molecular weight excluding hydrogens is 192 g/mol. The zero-order valence-corrected chi connectivity index (χ0v) is 7.71. The molecule has 0 saturated heterocycles. The van der Waals surface area contributed by atoms with E-state index in [1.165, 1.54) is 6.08 Å². The third kappa shape index (κ3) is 2.52. The minimum Gasteiger partial charge on any atom is -0.463 e. The number of hydrogen-bond acceptors (Lipinski definition) is 3. The van der Waals surface area contributed by atoms with Gasteiger partial charge < -0.3 is 15.2 Å². The molecule has 0 aromatic heterocycles. The molecule has 5 heteroatoms. The van der Waals surface area contributed by atoms with Crippen molar-refractivity contribution in [2.24, 2.45) is 5.73 Å². The molecule has 1 atom stereocenters. The molecule has 0 saturated carbocycles. The molecule has 80 valence electrons. The number of rotatable bonds is 5. The molecule has 0 spiro atoms. The summed E-state index contributed by atoms with van der Waals surface area (Å²) < 4.78 is 33.3. The number of alkyl halides is 2. The first-order valence-electron chi connectivity index (χ1n) is 4.24. The first kappa shape index (κ1) is 11.1. The van der Waals surface area contributed by atoms with E-state index in [0.29, 0.717) is 12.2 Å². The van der Waals surface area contributed by atoms with Gasteiger partial charge >= 0.3 is 0 Å². The third-order valence-corrected chi connectivity index (χ3v) is 2.11. The fourth-order valence-electron chi connectivity index (χ4n) is 1.24. The van der Waals surface area contributed by atoms with Crippen molar-refractivity contribution in [3.05, 3.63) is 24.0 Å². The Hall–Kier alpha value is -0.940. The Kier molecular flexibility index (Phi) is 4.03.